The maximum Gasteiger partial charge on any atom is 0.227 e. The van der Waals surface area contributed by atoms with Crippen LogP contribution >= 0.6 is 11.6 Å². The maximum absolute atomic E-state index is 11.3. The Hall–Kier alpha value is -0.240. The van der Waals surface area contributed by atoms with Crippen molar-refractivity contribution in [3.63, 3.8) is 0 Å². The van der Waals surface area contributed by atoms with Gasteiger partial charge in [0.1, 0.15) is 0 Å². The smallest absolute Gasteiger partial charge is 0.227 e. The fourth-order valence-electron chi connectivity index (χ4n) is 0.518. The van der Waals surface area contributed by atoms with E-state index in [1.807, 2.05) is 27.7 Å². The zero-order valence-electron chi connectivity index (χ0n) is 7.57. The second-order valence-electron chi connectivity index (χ2n) is 3.65. The molecule has 0 bridgehead atoms. The zero-order valence-corrected chi connectivity index (χ0v) is 8.33. The topological polar surface area (TPSA) is 29.1 Å². The molecule has 0 spiro atoms. The first-order chi connectivity index (χ1) is 4.90. The van der Waals surface area contributed by atoms with Crippen LogP contribution in [-0.2, 0) is 4.79 Å². The molecule has 2 nitrogen and oxygen atoms in total. The lowest BCUT2D eigenvalue weighted by Gasteiger charge is -2.21. The average Bonchev–Trinajstić information content (AvgIpc) is 1.86. The number of rotatable bonds is 3. The van der Waals surface area contributed by atoms with Crippen molar-refractivity contribution in [2.45, 2.75) is 33.7 Å². The predicted molar refractivity (Wildman–Crippen MR) is 47.8 cm³/mol. The molecule has 0 rings (SSSR count). The van der Waals surface area contributed by atoms with E-state index in [1.165, 1.54) is 0 Å². The van der Waals surface area contributed by atoms with Gasteiger partial charge in [-0.25, -0.2) is 0 Å². The van der Waals surface area contributed by atoms with Gasteiger partial charge in [0.15, 0.2) is 0 Å². The number of carbonyl (C=O) groups excluding carboxylic acids is 1. The molecule has 0 aliphatic heterocycles. The standard InChI is InChI=1S/C8H16ClNO/c1-6(2)10-7(11)8(3,4)5-9/h6H,5H2,1-4H3,(H,10,11). The number of hydrogen-bond acceptors (Lipinski definition) is 1. The first-order valence-electron chi connectivity index (χ1n) is 3.77. The van der Waals surface area contributed by atoms with Crippen molar-refractivity contribution < 1.29 is 4.79 Å². The Morgan fingerprint density at radius 1 is 1.55 bits per heavy atom. The minimum Gasteiger partial charge on any atom is -0.353 e. The minimum atomic E-state index is -0.453. The molecule has 0 radical (unpaired) electrons. The van der Waals surface area contributed by atoms with E-state index in [9.17, 15) is 4.79 Å². The van der Waals surface area contributed by atoms with Gasteiger partial charge in [-0.1, -0.05) is 0 Å². The van der Waals surface area contributed by atoms with Crippen molar-refractivity contribution >= 4 is 17.5 Å². The van der Waals surface area contributed by atoms with Crippen molar-refractivity contribution in [1.82, 2.24) is 5.32 Å². The number of carbonyl (C=O) groups is 1. The summed E-state index contributed by atoms with van der Waals surface area (Å²) in [4.78, 5) is 11.3. The molecule has 3 heteroatoms. The quantitative estimate of drug-likeness (QED) is 0.655. The summed E-state index contributed by atoms with van der Waals surface area (Å²) in [5.41, 5.74) is -0.453. The largest absolute Gasteiger partial charge is 0.353 e. The van der Waals surface area contributed by atoms with Gasteiger partial charge in [0, 0.05) is 11.9 Å². The highest BCUT2D eigenvalue weighted by Crippen LogP contribution is 2.16. The van der Waals surface area contributed by atoms with Crippen LogP contribution in [0.3, 0.4) is 0 Å². The van der Waals surface area contributed by atoms with Crippen molar-refractivity contribution in [2.75, 3.05) is 5.88 Å². The summed E-state index contributed by atoms with van der Waals surface area (Å²) in [6, 6.07) is 0.185. The summed E-state index contributed by atoms with van der Waals surface area (Å²) in [7, 11) is 0. The molecule has 0 atom stereocenters. The van der Waals surface area contributed by atoms with Gasteiger partial charge in [0.25, 0.3) is 0 Å². The highest BCUT2D eigenvalue weighted by Gasteiger charge is 2.26. The Kier molecular flexibility index (Phi) is 3.87. The van der Waals surface area contributed by atoms with E-state index in [-0.39, 0.29) is 11.9 Å². The van der Waals surface area contributed by atoms with E-state index in [0.29, 0.717) is 5.88 Å². The lowest BCUT2D eigenvalue weighted by atomic mass is 9.95. The van der Waals surface area contributed by atoms with E-state index >= 15 is 0 Å². The molecule has 0 fully saturated rings. The summed E-state index contributed by atoms with van der Waals surface area (Å²) < 4.78 is 0. The third-order valence-electron chi connectivity index (χ3n) is 1.37. The molecule has 0 aromatic carbocycles. The Morgan fingerprint density at radius 3 is 2.27 bits per heavy atom. The van der Waals surface area contributed by atoms with Gasteiger partial charge >= 0.3 is 0 Å². The van der Waals surface area contributed by atoms with Gasteiger partial charge in [-0.15, -0.1) is 11.6 Å². The van der Waals surface area contributed by atoms with Crippen LogP contribution in [0.5, 0.6) is 0 Å². The number of hydrogen-bond donors (Lipinski definition) is 1. The molecular weight excluding hydrogens is 162 g/mol. The molecule has 0 aliphatic carbocycles. The number of halogens is 1. The molecule has 0 aliphatic rings. The summed E-state index contributed by atoms with van der Waals surface area (Å²) in [6.45, 7) is 7.53. The number of alkyl halides is 1. The first kappa shape index (κ1) is 10.8. The maximum atomic E-state index is 11.3. The number of amides is 1. The first-order valence-corrected chi connectivity index (χ1v) is 4.30. The van der Waals surface area contributed by atoms with E-state index in [2.05, 4.69) is 5.32 Å². The Balaban J connectivity index is 4.02. The molecule has 0 aromatic heterocycles. The average molecular weight is 178 g/mol. The van der Waals surface area contributed by atoms with E-state index in [4.69, 9.17) is 11.6 Å². The normalized spacial score (nSPS) is 11.8. The minimum absolute atomic E-state index is 0.0162. The summed E-state index contributed by atoms with van der Waals surface area (Å²) in [6.07, 6.45) is 0. The van der Waals surface area contributed by atoms with E-state index in [1.54, 1.807) is 0 Å². The van der Waals surface area contributed by atoms with Gasteiger partial charge in [-0.05, 0) is 27.7 Å². The molecule has 1 amide bonds. The van der Waals surface area contributed by atoms with Gasteiger partial charge in [0.2, 0.25) is 5.91 Å². The van der Waals surface area contributed by atoms with Gasteiger partial charge in [-0.2, -0.15) is 0 Å². The molecule has 66 valence electrons. The highest BCUT2D eigenvalue weighted by molar-refractivity contribution is 6.19. The second-order valence-corrected chi connectivity index (χ2v) is 3.91. The van der Waals surface area contributed by atoms with Crippen molar-refractivity contribution in [3.8, 4) is 0 Å². The van der Waals surface area contributed by atoms with Crippen LogP contribution in [0.15, 0.2) is 0 Å². The predicted octanol–water partition coefficient (Wildman–Crippen LogP) is 1.78. The fourth-order valence-corrected chi connectivity index (χ4v) is 0.640. The van der Waals surface area contributed by atoms with Gasteiger partial charge < -0.3 is 5.32 Å². The van der Waals surface area contributed by atoms with E-state index in [0.717, 1.165) is 0 Å². The van der Waals surface area contributed by atoms with Crippen LogP contribution in [0, 0.1) is 5.41 Å². The molecule has 0 saturated carbocycles. The Labute approximate surface area is 73.3 Å². The zero-order chi connectivity index (χ0) is 9.07. The van der Waals surface area contributed by atoms with Crippen LogP contribution in [0.25, 0.3) is 0 Å². The lowest BCUT2D eigenvalue weighted by molar-refractivity contribution is -0.128. The molecule has 11 heavy (non-hydrogen) atoms. The second kappa shape index (κ2) is 3.96. The van der Waals surface area contributed by atoms with Crippen LogP contribution in [0.2, 0.25) is 0 Å². The molecule has 0 unspecified atom stereocenters. The Morgan fingerprint density at radius 2 is 2.00 bits per heavy atom. The summed E-state index contributed by atoms with van der Waals surface area (Å²) in [5.74, 6) is 0.369. The molecular formula is C8H16ClNO. The lowest BCUT2D eigenvalue weighted by Crippen LogP contribution is -2.41. The monoisotopic (exact) mass is 177 g/mol. The third kappa shape index (κ3) is 3.61. The molecule has 0 saturated heterocycles. The van der Waals surface area contributed by atoms with Gasteiger partial charge in [0.05, 0.1) is 5.41 Å². The number of nitrogens with one attached hydrogen (secondary N) is 1. The van der Waals surface area contributed by atoms with Crippen LogP contribution in [0.1, 0.15) is 27.7 Å². The van der Waals surface area contributed by atoms with Crippen LogP contribution in [-0.4, -0.2) is 17.8 Å². The summed E-state index contributed by atoms with van der Waals surface area (Å²) >= 11 is 5.61. The summed E-state index contributed by atoms with van der Waals surface area (Å²) in [5, 5.41) is 2.81. The molecule has 0 aromatic rings. The van der Waals surface area contributed by atoms with E-state index < -0.39 is 5.41 Å². The van der Waals surface area contributed by atoms with Gasteiger partial charge in [-0.3, -0.25) is 4.79 Å². The van der Waals surface area contributed by atoms with Crippen molar-refractivity contribution in [2.24, 2.45) is 5.41 Å². The molecule has 0 heterocycles. The fraction of sp³-hybridized carbons (Fsp3) is 0.875. The SMILES string of the molecule is CC(C)NC(=O)C(C)(C)CCl. The van der Waals surface area contributed by atoms with Crippen molar-refractivity contribution in [3.05, 3.63) is 0 Å². The highest BCUT2D eigenvalue weighted by atomic mass is 35.5. The van der Waals surface area contributed by atoms with Crippen LogP contribution < -0.4 is 5.32 Å². The van der Waals surface area contributed by atoms with Crippen molar-refractivity contribution in [1.29, 1.82) is 0 Å². The Bertz CT molecular complexity index is 143. The van der Waals surface area contributed by atoms with Crippen LogP contribution in [0.4, 0.5) is 0 Å². The third-order valence-corrected chi connectivity index (χ3v) is 2.04. The molecule has 1 N–H and O–H groups in total.